The summed E-state index contributed by atoms with van der Waals surface area (Å²) in [5, 5.41) is 2.79. The lowest BCUT2D eigenvalue weighted by atomic mass is 10.2. The van der Waals surface area contributed by atoms with Crippen molar-refractivity contribution in [2.24, 2.45) is 0 Å². The number of rotatable bonds is 6. The van der Waals surface area contributed by atoms with Gasteiger partial charge in [-0.2, -0.15) is 0 Å². The molecule has 27 heavy (non-hydrogen) atoms. The van der Waals surface area contributed by atoms with E-state index in [4.69, 9.17) is 9.47 Å². The second kappa shape index (κ2) is 7.87. The molecule has 0 fully saturated rings. The van der Waals surface area contributed by atoms with E-state index >= 15 is 0 Å². The number of ether oxygens (including phenoxy) is 2. The molecule has 7 nitrogen and oxygen atoms in total. The Morgan fingerprint density at radius 2 is 1.85 bits per heavy atom. The van der Waals surface area contributed by atoms with E-state index in [1.807, 2.05) is 25.1 Å². The molecule has 1 heterocycles. The summed E-state index contributed by atoms with van der Waals surface area (Å²) in [6, 6.07) is 12.4. The molecule has 1 aliphatic rings. The minimum absolute atomic E-state index is 0.0233. The summed E-state index contributed by atoms with van der Waals surface area (Å²) in [6.45, 7) is 2.83. The molecule has 0 aromatic heterocycles. The topological polar surface area (TPSA) is 84.9 Å². The maximum absolute atomic E-state index is 12.2. The third-order valence-corrected chi connectivity index (χ3v) is 5.25. The van der Waals surface area contributed by atoms with Crippen LogP contribution in [0.15, 0.2) is 42.5 Å². The number of nitrogens with zero attached hydrogens (tertiary/aromatic N) is 1. The van der Waals surface area contributed by atoms with Crippen LogP contribution in [0.25, 0.3) is 0 Å². The lowest BCUT2D eigenvalue weighted by Gasteiger charge is -2.25. The summed E-state index contributed by atoms with van der Waals surface area (Å²) < 4.78 is 36.6. The average molecular weight is 390 g/mol. The summed E-state index contributed by atoms with van der Waals surface area (Å²) in [5.74, 6) is 0.819. The Morgan fingerprint density at radius 3 is 2.56 bits per heavy atom. The quantitative estimate of drug-likeness (QED) is 0.819. The van der Waals surface area contributed by atoms with E-state index in [1.54, 1.807) is 24.3 Å². The van der Waals surface area contributed by atoms with Crippen LogP contribution < -0.4 is 19.1 Å². The lowest BCUT2D eigenvalue weighted by molar-refractivity contribution is -0.116. The maximum Gasteiger partial charge on any atom is 0.232 e. The SMILES string of the molecule is Cc1cccc(NC(=O)CCN(c2ccc3c(c2)OCCO3)S(C)(=O)=O)c1. The number of carbonyl (C=O) groups excluding carboxylic acids is 1. The minimum Gasteiger partial charge on any atom is -0.486 e. The van der Waals surface area contributed by atoms with Crippen molar-refractivity contribution in [2.45, 2.75) is 13.3 Å². The largest absolute Gasteiger partial charge is 0.486 e. The second-order valence-electron chi connectivity index (χ2n) is 6.33. The molecule has 0 aliphatic carbocycles. The number of benzene rings is 2. The highest BCUT2D eigenvalue weighted by Crippen LogP contribution is 2.34. The van der Waals surface area contributed by atoms with Gasteiger partial charge in [0.15, 0.2) is 11.5 Å². The molecule has 0 saturated carbocycles. The highest BCUT2D eigenvalue weighted by Gasteiger charge is 2.21. The lowest BCUT2D eigenvalue weighted by Crippen LogP contribution is -2.33. The van der Waals surface area contributed by atoms with Gasteiger partial charge in [0.05, 0.1) is 11.9 Å². The smallest absolute Gasteiger partial charge is 0.232 e. The van der Waals surface area contributed by atoms with Gasteiger partial charge in [-0.1, -0.05) is 12.1 Å². The minimum atomic E-state index is -3.56. The molecule has 1 aliphatic heterocycles. The first-order valence-electron chi connectivity index (χ1n) is 8.57. The summed E-state index contributed by atoms with van der Waals surface area (Å²) in [4.78, 5) is 12.2. The van der Waals surface area contributed by atoms with E-state index in [1.165, 1.54) is 4.31 Å². The highest BCUT2D eigenvalue weighted by atomic mass is 32.2. The Morgan fingerprint density at radius 1 is 1.11 bits per heavy atom. The number of carbonyl (C=O) groups is 1. The first-order valence-corrected chi connectivity index (χ1v) is 10.4. The van der Waals surface area contributed by atoms with Gasteiger partial charge >= 0.3 is 0 Å². The molecule has 0 spiro atoms. The van der Waals surface area contributed by atoms with Crippen molar-refractivity contribution in [3.05, 3.63) is 48.0 Å². The zero-order chi connectivity index (χ0) is 19.4. The van der Waals surface area contributed by atoms with Crippen LogP contribution in [0.3, 0.4) is 0 Å². The monoisotopic (exact) mass is 390 g/mol. The molecule has 2 aromatic carbocycles. The van der Waals surface area contributed by atoms with Gasteiger partial charge in [-0.3, -0.25) is 9.10 Å². The van der Waals surface area contributed by atoms with E-state index in [-0.39, 0.29) is 18.9 Å². The van der Waals surface area contributed by atoms with E-state index in [0.29, 0.717) is 36.1 Å². The number of sulfonamides is 1. The predicted octanol–water partition coefficient (Wildman–Crippen LogP) is 2.56. The molecule has 8 heteroatoms. The van der Waals surface area contributed by atoms with Gasteiger partial charge in [0, 0.05) is 24.7 Å². The molecular formula is C19H22N2O5S. The summed E-state index contributed by atoms with van der Waals surface area (Å²) in [7, 11) is -3.56. The van der Waals surface area contributed by atoms with Crippen molar-refractivity contribution in [3.8, 4) is 11.5 Å². The van der Waals surface area contributed by atoms with Crippen LogP contribution >= 0.6 is 0 Å². The molecule has 0 atom stereocenters. The molecule has 0 bridgehead atoms. The molecule has 144 valence electrons. The average Bonchev–Trinajstić information content (AvgIpc) is 2.60. The molecule has 3 rings (SSSR count). The Hall–Kier alpha value is -2.74. The van der Waals surface area contributed by atoms with Gasteiger partial charge in [-0.05, 0) is 36.8 Å². The third-order valence-electron chi connectivity index (χ3n) is 4.06. The van der Waals surface area contributed by atoms with Crippen LogP contribution in [0.2, 0.25) is 0 Å². The van der Waals surface area contributed by atoms with E-state index in [0.717, 1.165) is 11.8 Å². The van der Waals surface area contributed by atoms with Crippen molar-refractivity contribution >= 4 is 27.3 Å². The van der Waals surface area contributed by atoms with Gasteiger partial charge in [-0.15, -0.1) is 0 Å². The van der Waals surface area contributed by atoms with Crippen LogP contribution in [0.5, 0.6) is 11.5 Å². The molecule has 0 saturated heterocycles. The number of anilines is 2. The van der Waals surface area contributed by atoms with Gasteiger partial charge in [0.1, 0.15) is 13.2 Å². The fourth-order valence-corrected chi connectivity index (χ4v) is 3.74. The van der Waals surface area contributed by atoms with Crippen molar-refractivity contribution in [3.63, 3.8) is 0 Å². The summed E-state index contributed by atoms with van der Waals surface area (Å²) in [6.07, 6.45) is 1.14. The summed E-state index contributed by atoms with van der Waals surface area (Å²) >= 11 is 0. The fraction of sp³-hybridized carbons (Fsp3) is 0.316. The van der Waals surface area contributed by atoms with E-state index < -0.39 is 10.0 Å². The Kier molecular flexibility index (Phi) is 5.55. The zero-order valence-corrected chi connectivity index (χ0v) is 16.1. The second-order valence-corrected chi connectivity index (χ2v) is 8.24. The number of amides is 1. The molecule has 2 aromatic rings. The van der Waals surface area contributed by atoms with Crippen LogP contribution in [0.4, 0.5) is 11.4 Å². The van der Waals surface area contributed by atoms with Gasteiger partial charge < -0.3 is 14.8 Å². The van der Waals surface area contributed by atoms with E-state index in [9.17, 15) is 13.2 Å². The number of hydrogen-bond donors (Lipinski definition) is 1. The summed E-state index contributed by atoms with van der Waals surface area (Å²) in [5.41, 5.74) is 2.15. The molecule has 1 amide bonds. The Balaban J connectivity index is 1.71. The normalized spacial score (nSPS) is 13.1. The number of aryl methyl sites for hydroxylation is 1. The number of hydrogen-bond acceptors (Lipinski definition) is 5. The zero-order valence-electron chi connectivity index (χ0n) is 15.3. The third kappa shape index (κ3) is 4.91. The predicted molar refractivity (Wildman–Crippen MR) is 104 cm³/mol. The van der Waals surface area contributed by atoms with Crippen LogP contribution in [0.1, 0.15) is 12.0 Å². The van der Waals surface area contributed by atoms with Crippen molar-refractivity contribution < 1.29 is 22.7 Å². The molecular weight excluding hydrogens is 368 g/mol. The van der Waals surface area contributed by atoms with E-state index in [2.05, 4.69) is 5.32 Å². The molecule has 0 unspecified atom stereocenters. The van der Waals surface area contributed by atoms with Crippen LogP contribution in [-0.4, -0.2) is 40.3 Å². The van der Waals surface area contributed by atoms with Crippen molar-refractivity contribution in [2.75, 3.05) is 35.6 Å². The van der Waals surface area contributed by atoms with Gasteiger partial charge in [0.2, 0.25) is 15.9 Å². The molecule has 0 radical (unpaired) electrons. The fourth-order valence-electron chi connectivity index (χ4n) is 2.82. The Bertz CT molecular complexity index is 943. The van der Waals surface area contributed by atoms with Crippen LogP contribution in [-0.2, 0) is 14.8 Å². The number of nitrogens with one attached hydrogen (secondary N) is 1. The number of fused-ring (bicyclic) bond motifs is 1. The van der Waals surface area contributed by atoms with Gasteiger partial charge in [0.25, 0.3) is 0 Å². The van der Waals surface area contributed by atoms with Crippen molar-refractivity contribution in [1.29, 1.82) is 0 Å². The highest BCUT2D eigenvalue weighted by molar-refractivity contribution is 7.92. The first kappa shape index (κ1) is 19.0. The van der Waals surface area contributed by atoms with Crippen LogP contribution in [0, 0.1) is 6.92 Å². The Labute approximate surface area is 158 Å². The van der Waals surface area contributed by atoms with Crippen molar-refractivity contribution in [1.82, 2.24) is 0 Å². The first-order chi connectivity index (χ1) is 12.8. The molecule has 1 N–H and O–H groups in total. The maximum atomic E-state index is 12.2. The standard InChI is InChI=1S/C19H22N2O5S/c1-14-4-3-5-15(12-14)20-19(22)8-9-21(27(2,23)24)16-6-7-17-18(13-16)26-11-10-25-17/h3-7,12-13H,8-11H2,1-2H3,(H,20,22). The van der Waals surface area contributed by atoms with Gasteiger partial charge in [-0.25, -0.2) is 8.42 Å².